The zero-order chi connectivity index (χ0) is 15.3. The highest BCUT2D eigenvalue weighted by molar-refractivity contribution is 7.91. The Morgan fingerprint density at radius 1 is 1.40 bits per heavy atom. The SMILES string of the molecule is CC[C@H](CC(C)C)[C@@H](CO)NS(=O)(=O)c1ccc(Cl)s1. The highest BCUT2D eigenvalue weighted by atomic mass is 35.5. The highest BCUT2D eigenvalue weighted by Crippen LogP contribution is 2.27. The molecular formula is C13H22ClNO3S2. The van der Waals surface area contributed by atoms with Gasteiger partial charge in [-0.3, -0.25) is 0 Å². The number of aliphatic hydroxyl groups excluding tert-OH is 1. The molecule has 0 aliphatic rings. The maximum absolute atomic E-state index is 12.3. The predicted octanol–water partition coefficient (Wildman–Crippen LogP) is 3.11. The minimum Gasteiger partial charge on any atom is -0.395 e. The van der Waals surface area contributed by atoms with E-state index in [1.165, 1.54) is 6.07 Å². The minimum atomic E-state index is -3.62. The third-order valence-corrected chi connectivity index (χ3v) is 6.40. The molecule has 0 unspecified atom stereocenters. The highest BCUT2D eigenvalue weighted by Gasteiger charge is 2.27. The first-order valence-electron chi connectivity index (χ1n) is 6.68. The Kier molecular flexibility index (Phi) is 6.94. The second kappa shape index (κ2) is 7.75. The number of nitrogens with one attached hydrogen (secondary N) is 1. The van der Waals surface area contributed by atoms with E-state index >= 15 is 0 Å². The minimum absolute atomic E-state index is 0.116. The van der Waals surface area contributed by atoms with Crippen molar-refractivity contribution in [3.8, 4) is 0 Å². The summed E-state index contributed by atoms with van der Waals surface area (Å²) in [6.07, 6.45) is 1.69. The first kappa shape index (κ1) is 17.9. The Morgan fingerprint density at radius 2 is 2.05 bits per heavy atom. The van der Waals surface area contributed by atoms with E-state index in [0.717, 1.165) is 24.2 Å². The van der Waals surface area contributed by atoms with Crippen LogP contribution in [0, 0.1) is 11.8 Å². The summed E-state index contributed by atoms with van der Waals surface area (Å²) in [6.45, 7) is 5.98. The standard InChI is InChI=1S/C13H22ClNO3S2/c1-4-10(7-9(2)3)11(8-16)15-20(17,18)13-6-5-12(14)19-13/h5-6,9-11,15-16H,4,7-8H2,1-3H3/t10-,11-/m1/s1. The fourth-order valence-electron chi connectivity index (χ4n) is 2.20. The molecule has 0 aliphatic heterocycles. The molecule has 20 heavy (non-hydrogen) atoms. The number of sulfonamides is 1. The molecule has 2 atom stereocenters. The molecule has 0 amide bonds. The molecule has 0 radical (unpaired) electrons. The van der Waals surface area contributed by atoms with Crippen LogP contribution in [-0.2, 0) is 10.0 Å². The molecule has 0 aromatic carbocycles. The van der Waals surface area contributed by atoms with Crippen LogP contribution in [0.15, 0.2) is 16.3 Å². The van der Waals surface area contributed by atoms with Gasteiger partial charge in [-0.1, -0.05) is 38.8 Å². The van der Waals surface area contributed by atoms with Gasteiger partial charge in [-0.2, -0.15) is 0 Å². The van der Waals surface area contributed by atoms with Gasteiger partial charge in [0.25, 0.3) is 0 Å². The van der Waals surface area contributed by atoms with E-state index in [-0.39, 0.29) is 16.7 Å². The van der Waals surface area contributed by atoms with Crippen LogP contribution in [0.3, 0.4) is 0 Å². The van der Waals surface area contributed by atoms with Crippen molar-refractivity contribution in [2.24, 2.45) is 11.8 Å². The summed E-state index contributed by atoms with van der Waals surface area (Å²) in [6, 6.07) is 2.57. The molecule has 0 bridgehead atoms. The van der Waals surface area contributed by atoms with Crippen LogP contribution in [0.25, 0.3) is 0 Å². The van der Waals surface area contributed by atoms with E-state index in [4.69, 9.17) is 11.6 Å². The summed E-state index contributed by atoms with van der Waals surface area (Å²) in [4.78, 5) is 0. The number of thiophene rings is 1. The summed E-state index contributed by atoms with van der Waals surface area (Å²) in [7, 11) is -3.62. The second-order valence-corrected chi connectivity index (χ2v) is 8.92. The largest absolute Gasteiger partial charge is 0.395 e. The lowest BCUT2D eigenvalue weighted by atomic mass is 9.89. The third-order valence-electron chi connectivity index (χ3n) is 3.18. The summed E-state index contributed by atoms with van der Waals surface area (Å²) in [5, 5.41) is 9.51. The van der Waals surface area contributed by atoms with Crippen LogP contribution in [0.2, 0.25) is 4.34 Å². The monoisotopic (exact) mass is 339 g/mol. The normalized spacial score (nSPS) is 15.5. The Labute approximate surface area is 130 Å². The molecule has 0 saturated heterocycles. The third kappa shape index (κ3) is 5.00. The zero-order valence-corrected chi connectivity index (χ0v) is 14.4. The van der Waals surface area contributed by atoms with E-state index in [0.29, 0.717) is 10.3 Å². The lowest BCUT2D eigenvalue weighted by Gasteiger charge is -2.26. The fourth-order valence-corrected chi connectivity index (χ4v) is 5.00. The molecule has 2 N–H and O–H groups in total. The summed E-state index contributed by atoms with van der Waals surface area (Å²) in [5.41, 5.74) is 0. The van der Waals surface area contributed by atoms with Crippen LogP contribution in [-0.4, -0.2) is 26.2 Å². The second-order valence-electron chi connectivity index (χ2n) is 5.27. The lowest BCUT2D eigenvalue weighted by Crippen LogP contribution is -2.42. The first-order chi connectivity index (χ1) is 9.30. The van der Waals surface area contributed by atoms with Crippen molar-refractivity contribution < 1.29 is 13.5 Å². The molecule has 0 aliphatic carbocycles. The van der Waals surface area contributed by atoms with E-state index in [9.17, 15) is 13.5 Å². The maximum Gasteiger partial charge on any atom is 0.250 e. The smallest absolute Gasteiger partial charge is 0.250 e. The Bertz CT molecular complexity index is 513. The fraction of sp³-hybridized carbons (Fsp3) is 0.692. The van der Waals surface area contributed by atoms with Gasteiger partial charge < -0.3 is 5.11 Å². The maximum atomic E-state index is 12.3. The molecule has 0 saturated carbocycles. The van der Waals surface area contributed by atoms with Gasteiger partial charge in [0, 0.05) is 6.04 Å². The average molecular weight is 340 g/mol. The summed E-state index contributed by atoms with van der Waals surface area (Å²) < 4.78 is 27.7. The molecule has 4 nitrogen and oxygen atoms in total. The zero-order valence-electron chi connectivity index (χ0n) is 12.0. The van der Waals surface area contributed by atoms with Crippen molar-refractivity contribution in [3.05, 3.63) is 16.5 Å². The molecule has 116 valence electrons. The molecule has 1 aromatic rings. The van der Waals surface area contributed by atoms with Crippen molar-refractivity contribution in [3.63, 3.8) is 0 Å². The van der Waals surface area contributed by atoms with Crippen LogP contribution in [0.1, 0.15) is 33.6 Å². The average Bonchev–Trinajstić information content (AvgIpc) is 2.80. The molecular weight excluding hydrogens is 318 g/mol. The Morgan fingerprint density at radius 3 is 2.45 bits per heavy atom. The first-order valence-corrected chi connectivity index (χ1v) is 9.36. The van der Waals surface area contributed by atoms with Gasteiger partial charge in [-0.15, -0.1) is 11.3 Å². The van der Waals surface area contributed by atoms with Gasteiger partial charge in [0.1, 0.15) is 4.21 Å². The molecule has 0 fully saturated rings. The molecule has 1 aromatic heterocycles. The number of hydrogen-bond donors (Lipinski definition) is 2. The lowest BCUT2D eigenvalue weighted by molar-refractivity contribution is 0.197. The van der Waals surface area contributed by atoms with Crippen molar-refractivity contribution in [2.75, 3.05) is 6.61 Å². The van der Waals surface area contributed by atoms with Gasteiger partial charge in [0.15, 0.2) is 0 Å². The van der Waals surface area contributed by atoms with Gasteiger partial charge in [-0.05, 0) is 30.4 Å². The van der Waals surface area contributed by atoms with Crippen molar-refractivity contribution >= 4 is 33.0 Å². The number of hydrogen-bond acceptors (Lipinski definition) is 4. The topological polar surface area (TPSA) is 66.4 Å². The number of rotatable bonds is 8. The van der Waals surface area contributed by atoms with E-state index in [1.54, 1.807) is 6.07 Å². The van der Waals surface area contributed by atoms with E-state index in [1.807, 2.05) is 6.92 Å². The van der Waals surface area contributed by atoms with Crippen LogP contribution in [0.5, 0.6) is 0 Å². The van der Waals surface area contributed by atoms with Crippen molar-refractivity contribution in [1.29, 1.82) is 0 Å². The Hall–Kier alpha value is -0.140. The molecule has 1 heterocycles. The van der Waals surface area contributed by atoms with E-state index in [2.05, 4.69) is 18.6 Å². The quantitative estimate of drug-likeness (QED) is 0.764. The summed E-state index contributed by atoms with van der Waals surface area (Å²) >= 11 is 6.79. The van der Waals surface area contributed by atoms with Crippen LogP contribution in [0.4, 0.5) is 0 Å². The van der Waals surface area contributed by atoms with Crippen molar-refractivity contribution in [1.82, 2.24) is 4.72 Å². The van der Waals surface area contributed by atoms with Gasteiger partial charge in [0.2, 0.25) is 10.0 Å². The van der Waals surface area contributed by atoms with Gasteiger partial charge in [-0.25, -0.2) is 13.1 Å². The number of aliphatic hydroxyl groups is 1. The molecule has 7 heteroatoms. The molecule has 0 spiro atoms. The Balaban J connectivity index is 2.86. The predicted molar refractivity (Wildman–Crippen MR) is 83.8 cm³/mol. The van der Waals surface area contributed by atoms with Gasteiger partial charge >= 0.3 is 0 Å². The van der Waals surface area contributed by atoms with Crippen molar-refractivity contribution in [2.45, 2.75) is 43.9 Å². The summed E-state index contributed by atoms with van der Waals surface area (Å²) in [5.74, 6) is 0.569. The van der Waals surface area contributed by atoms with Gasteiger partial charge in [0.05, 0.1) is 10.9 Å². The van der Waals surface area contributed by atoms with Crippen LogP contribution >= 0.6 is 22.9 Å². The molecule has 1 rings (SSSR count). The number of halogens is 1. The van der Waals surface area contributed by atoms with E-state index < -0.39 is 16.1 Å². The van der Waals surface area contributed by atoms with Crippen LogP contribution < -0.4 is 4.72 Å².